The number of carboxylic acids is 1. The molecule has 1 aromatic carbocycles. The Hall–Kier alpha value is -1.84. The van der Waals surface area contributed by atoms with E-state index in [0.717, 1.165) is 24.8 Å². The van der Waals surface area contributed by atoms with Gasteiger partial charge in [0, 0.05) is 6.54 Å². The van der Waals surface area contributed by atoms with Crippen LogP contribution in [0.2, 0.25) is 0 Å². The summed E-state index contributed by atoms with van der Waals surface area (Å²) < 4.78 is 0. The number of hydrogen-bond donors (Lipinski definition) is 1. The van der Waals surface area contributed by atoms with Gasteiger partial charge in [-0.3, -0.25) is 4.79 Å². The molecule has 0 saturated carbocycles. The maximum atomic E-state index is 13.0. The lowest BCUT2D eigenvalue weighted by Crippen LogP contribution is -2.49. The van der Waals surface area contributed by atoms with Gasteiger partial charge in [0.25, 0.3) is 0 Å². The molecule has 0 aliphatic heterocycles. The predicted molar refractivity (Wildman–Crippen MR) is 85.8 cm³/mol. The van der Waals surface area contributed by atoms with Crippen molar-refractivity contribution in [2.45, 2.75) is 52.0 Å². The van der Waals surface area contributed by atoms with Crippen LogP contribution in [0.15, 0.2) is 24.3 Å². The minimum Gasteiger partial charge on any atom is -0.480 e. The van der Waals surface area contributed by atoms with Crippen molar-refractivity contribution in [3.63, 3.8) is 0 Å². The van der Waals surface area contributed by atoms with E-state index in [-0.39, 0.29) is 17.7 Å². The number of carboxylic acid groups (broad SMARTS) is 1. The van der Waals surface area contributed by atoms with Gasteiger partial charge in [-0.05, 0) is 36.8 Å². The summed E-state index contributed by atoms with van der Waals surface area (Å²) in [6, 6.07) is 7.25. The van der Waals surface area contributed by atoms with E-state index in [4.69, 9.17) is 0 Å². The normalized spacial score (nSPS) is 19.3. The van der Waals surface area contributed by atoms with E-state index < -0.39 is 12.0 Å². The fourth-order valence-electron chi connectivity index (χ4n) is 3.41. The number of carbonyl (C=O) groups excluding carboxylic acids is 1. The highest BCUT2D eigenvalue weighted by Crippen LogP contribution is 2.35. The Morgan fingerprint density at radius 3 is 2.59 bits per heavy atom. The number of fused-ring (bicyclic) bond motifs is 1. The van der Waals surface area contributed by atoms with Crippen molar-refractivity contribution in [1.29, 1.82) is 0 Å². The van der Waals surface area contributed by atoms with Crippen molar-refractivity contribution < 1.29 is 14.7 Å². The predicted octanol–water partition coefficient (Wildman–Crippen LogP) is 3.06. The van der Waals surface area contributed by atoms with Gasteiger partial charge in [-0.25, -0.2) is 4.79 Å². The molecule has 1 amide bonds. The molecule has 1 N–H and O–H groups in total. The highest BCUT2D eigenvalue weighted by Gasteiger charge is 2.38. The molecule has 4 heteroatoms. The minimum atomic E-state index is -0.907. The molecule has 2 rings (SSSR count). The van der Waals surface area contributed by atoms with Crippen LogP contribution in [-0.4, -0.2) is 34.5 Å². The molecule has 0 saturated heterocycles. The van der Waals surface area contributed by atoms with Crippen LogP contribution in [0.3, 0.4) is 0 Å². The summed E-state index contributed by atoms with van der Waals surface area (Å²) in [6.07, 6.45) is 2.41. The summed E-state index contributed by atoms with van der Waals surface area (Å²) in [5, 5.41) is 9.57. The average molecular weight is 303 g/mol. The fourth-order valence-corrected chi connectivity index (χ4v) is 3.41. The van der Waals surface area contributed by atoms with Crippen LogP contribution in [0, 0.1) is 5.92 Å². The Morgan fingerprint density at radius 2 is 2.00 bits per heavy atom. The number of rotatable bonds is 6. The fraction of sp³-hybridized carbons (Fsp3) is 0.556. The van der Waals surface area contributed by atoms with Gasteiger partial charge in [0.1, 0.15) is 6.04 Å². The van der Waals surface area contributed by atoms with Gasteiger partial charge < -0.3 is 10.0 Å². The van der Waals surface area contributed by atoms with E-state index in [0.29, 0.717) is 6.54 Å². The summed E-state index contributed by atoms with van der Waals surface area (Å²) in [6.45, 7) is 6.15. The number of aryl methyl sites for hydroxylation is 1. The van der Waals surface area contributed by atoms with E-state index in [1.807, 2.05) is 39.0 Å². The third-order valence-corrected chi connectivity index (χ3v) is 4.83. The number of carbonyl (C=O) groups is 2. The second-order valence-corrected chi connectivity index (χ2v) is 6.08. The molecular weight excluding hydrogens is 278 g/mol. The molecule has 0 radical (unpaired) electrons. The lowest BCUT2D eigenvalue weighted by molar-refractivity contribution is -0.153. The molecule has 3 atom stereocenters. The Morgan fingerprint density at radius 1 is 1.32 bits per heavy atom. The van der Waals surface area contributed by atoms with E-state index in [1.165, 1.54) is 5.56 Å². The van der Waals surface area contributed by atoms with Crippen molar-refractivity contribution in [2.75, 3.05) is 6.54 Å². The molecule has 4 nitrogen and oxygen atoms in total. The van der Waals surface area contributed by atoms with Crippen LogP contribution >= 0.6 is 0 Å². The smallest absolute Gasteiger partial charge is 0.326 e. The maximum absolute atomic E-state index is 13.0. The van der Waals surface area contributed by atoms with Gasteiger partial charge in [-0.15, -0.1) is 0 Å². The van der Waals surface area contributed by atoms with Crippen molar-refractivity contribution in [3.05, 3.63) is 35.4 Å². The highest BCUT2D eigenvalue weighted by molar-refractivity contribution is 5.89. The maximum Gasteiger partial charge on any atom is 0.326 e. The number of aliphatic carboxylic acids is 1. The summed E-state index contributed by atoms with van der Waals surface area (Å²) >= 11 is 0. The lowest BCUT2D eigenvalue weighted by Gasteiger charge is -2.33. The Labute approximate surface area is 132 Å². The molecule has 22 heavy (non-hydrogen) atoms. The number of hydrogen-bond acceptors (Lipinski definition) is 2. The summed E-state index contributed by atoms with van der Waals surface area (Å²) in [5.41, 5.74) is 2.28. The SMILES string of the molecule is CC[C@H](C)[C@@H](C(=O)O)N(CC)C(=O)C1CCc2ccccc21. The minimum absolute atomic E-state index is 0.0415. The summed E-state index contributed by atoms with van der Waals surface area (Å²) in [7, 11) is 0. The largest absolute Gasteiger partial charge is 0.480 e. The van der Waals surface area contributed by atoms with Crippen LogP contribution in [0.1, 0.15) is 50.7 Å². The summed E-state index contributed by atoms with van der Waals surface area (Å²) in [4.78, 5) is 26.2. The van der Waals surface area contributed by atoms with E-state index in [1.54, 1.807) is 4.90 Å². The molecule has 1 aliphatic rings. The quantitative estimate of drug-likeness (QED) is 0.878. The Kier molecular flexibility index (Phi) is 5.22. The van der Waals surface area contributed by atoms with Crippen LogP contribution in [0.5, 0.6) is 0 Å². The van der Waals surface area contributed by atoms with Crippen LogP contribution in [-0.2, 0) is 16.0 Å². The van der Waals surface area contributed by atoms with Crippen LogP contribution in [0.4, 0.5) is 0 Å². The number of nitrogens with zero attached hydrogens (tertiary/aromatic N) is 1. The summed E-state index contributed by atoms with van der Waals surface area (Å²) in [5.74, 6) is -1.20. The third-order valence-electron chi connectivity index (χ3n) is 4.83. The van der Waals surface area contributed by atoms with Crippen molar-refractivity contribution >= 4 is 11.9 Å². The van der Waals surface area contributed by atoms with Gasteiger partial charge in [-0.1, -0.05) is 44.5 Å². The molecule has 1 aromatic rings. The molecule has 0 aromatic heterocycles. The lowest BCUT2D eigenvalue weighted by atomic mass is 9.94. The number of benzene rings is 1. The van der Waals surface area contributed by atoms with Crippen LogP contribution in [0.25, 0.3) is 0 Å². The van der Waals surface area contributed by atoms with Gasteiger partial charge in [0.15, 0.2) is 0 Å². The first-order chi connectivity index (χ1) is 10.5. The van der Waals surface area contributed by atoms with Gasteiger partial charge >= 0.3 is 5.97 Å². The average Bonchev–Trinajstić information content (AvgIpc) is 2.94. The van der Waals surface area contributed by atoms with Crippen LogP contribution < -0.4 is 0 Å². The first-order valence-corrected chi connectivity index (χ1v) is 8.12. The number of amides is 1. The van der Waals surface area contributed by atoms with E-state index in [2.05, 4.69) is 6.07 Å². The molecule has 1 unspecified atom stereocenters. The van der Waals surface area contributed by atoms with E-state index >= 15 is 0 Å². The molecular formula is C18H25NO3. The number of likely N-dealkylation sites (N-methyl/N-ethyl adjacent to an activating group) is 1. The Balaban J connectivity index is 2.28. The highest BCUT2D eigenvalue weighted by atomic mass is 16.4. The molecule has 0 fully saturated rings. The van der Waals surface area contributed by atoms with Gasteiger partial charge in [-0.2, -0.15) is 0 Å². The molecule has 120 valence electrons. The molecule has 0 bridgehead atoms. The topological polar surface area (TPSA) is 57.6 Å². The monoisotopic (exact) mass is 303 g/mol. The van der Waals surface area contributed by atoms with E-state index in [9.17, 15) is 14.7 Å². The molecule has 1 aliphatic carbocycles. The Bertz CT molecular complexity index is 555. The molecule has 0 spiro atoms. The second kappa shape index (κ2) is 6.95. The zero-order valence-electron chi connectivity index (χ0n) is 13.6. The standard InChI is InChI=1S/C18H25NO3/c1-4-12(3)16(18(21)22)19(5-2)17(20)15-11-10-13-8-6-7-9-14(13)15/h6-9,12,15-16H,4-5,10-11H2,1-3H3,(H,21,22)/t12-,15?,16-/m0/s1. The van der Waals surface area contributed by atoms with Gasteiger partial charge in [0.05, 0.1) is 5.92 Å². The molecule has 0 heterocycles. The third kappa shape index (κ3) is 3.01. The second-order valence-electron chi connectivity index (χ2n) is 6.08. The first kappa shape index (κ1) is 16.5. The first-order valence-electron chi connectivity index (χ1n) is 8.12. The zero-order valence-corrected chi connectivity index (χ0v) is 13.6. The van der Waals surface area contributed by atoms with Crippen molar-refractivity contribution in [1.82, 2.24) is 4.90 Å². The van der Waals surface area contributed by atoms with Gasteiger partial charge in [0.2, 0.25) is 5.91 Å². The van der Waals surface area contributed by atoms with Crippen molar-refractivity contribution in [2.24, 2.45) is 5.92 Å². The van der Waals surface area contributed by atoms with Crippen molar-refractivity contribution in [3.8, 4) is 0 Å². The zero-order chi connectivity index (χ0) is 16.3.